The number of nitro benzene ring substituents is 1. The van der Waals surface area contributed by atoms with Crippen LogP contribution >= 0.6 is 0 Å². The maximum absolute atomic E-state index is 11.0. The Balaban J connectivity index is 2.45. The highest BCUT2D eigenvalue weighted by Crippen LogP contribution is 2.43. The van der Waals surface area contributed by atoms with Gasteiger partial charge in [-0.25, -0.2) is 0 Å². The highest BCUT2D eigenvalue weighted by Gasteiger charge is 2.28. The van der Waals surface area contributed by atoms with E-state index >= 15 is 0 Å². The van der Waals surface area contributed by atoms with Gasteiger partial charge in [-0.2, -0.15) is 0 Å². The van der Waals surface area contributed by atoms with Crippen molar-refractivity contribution < 1.29 is 4.92 Å². The molecule has 17 heavy (non-hydrogen) atoms. The number of nitro groups is 1. The summed E-state index contributed by atoms with van der Waals surface area (Å²) in [5, 5.41) is 11.0. The molecule has 0 bridgehead atoms. The summed E-state index contributed by atoms with van der Waals surface area (Å²) in [6.45, 7) is 0. The first-order valence-corrected chi connectivity index (χ1v) is 5.71. The Morgan fingerprint density at radius 3 is 2.65 bits per heavy atom. The lowest BCUT2D eigenvalue weighted by Crippen LogP contribution is -2.01. The van der Waals surface area contributed by atoms with Gasteiger partial charge in [-0.1, -0.05) is 12.1 Å². The third-order valence-corrected chi connectivity index (χ3v) is 2.87. The number of hydrogen-bond donors (Lipinski definition) is 0. The van der Waals surface area contributed by atoms with Gasteiger partial charge in [-0.15, -0.1) is 0 Å². The van der Waals surface area contributed by atoms with Gasteiger partial charge in [0.25, 0.3) is 5.69 Å². The molecule has 1 aliphatic rings. The van der Waals surface area contributed by atoms with E-state index in [1.165, 1.54) is 0 Å². The van der Waals surface area contributed by atoms with E-state index in [9.17, 15) is 10.1 Å². The highest BCUT2D eigenvalue weighted by molar-refractivity contribution is 5.65. The molecule has 0 atom stereocenters. The Kier molecular flexibility index (Phi) is 3.13. The van der Waals surface area contributed by atoms with Crippen LogP contribution in [-0.4, -0.2) is 23.9 Å². The molecule has 0 saturated heterocycles. The van der Waals surface area contributed by atoms with Gasteiger partial charge >= 0.3 is 0 Å². The van der Waals surface area contributed by atoms with E-state index in [0.29, 0.717) is 5.92 Å². The zero-order valence-corrected chi connectivity index (χ0v) is 10.1. The molecule has 4 heteroatoms. The van der Waals surface area contributed by atoms with E-state index in [4.69, 9.17) is 0 Å². The number of rotatable bonds is 4. The largest absolute Gasteiger partial charge is 0.383 e. The average molecular weight is 232 g/mol. The summed E-state index contributed by atoms with van der Waals surface area (Å²) < 4.78 is 0. The average Bonchev–Trinajstić information content (AvgIpc) is 3.09. The molecule has 0 N–H and O–H groups in total. The van der Waals surface area contributed by atoms with Crippen molar-refractivity contribution in [3.8, 4) is 0 Å². The normalized spacial score (nSPS) is 15.2. The van der Waals surface area contributed by atoms with Gasteiger partial charge in [0.2, 0.25) is 0 Å². The summed E-state index contributed by atoms with van der Waals surface area (Å²) in [4.78, 5) is 12.6. The van der Waals surface area contributed by atoms with Crippen LogP contribution in [0.3, 0.4) is 0 Å². The minimum absolute atomic E-state index is 0.201. The van der Waals surface area contributed by atoms with Crippen LogP contribution < -0.4 is 0 Å². The minimum atomic E-state index is -0.304. The summed E-state index contributed by atoms with van der Waals surface area (Å²) in [7, 11) is 3.81. The van der Waals surface area contributed by atoms with Crippen molar-refractivity contribution in [3.05, 3.63) is 45.6 Å². The zero-order valence-electron chi connectivity index (χ0n) is 10.1. The van der Waals surface area contributed by atoms with Gasteiger partial charge in [0, 0.05) is 20.2 Å². The molecule has 0 spiro atoms. The Labute approximate surface area is 101 Å². The van der Waals surface area contributed by atoms with E-state index in [-0.39, 0.29) is 10.6 Å². The predicted molar refractivity (Wildman–Crippen MR) is 67.8 cm³/mol. The van der Waals surface area contributed by atoms with Crippen molar-refractivity contribution in [1.82, 2.24) is 4.90 Å². The highest BCUT2D eigenvalue weighted by atomic mass is 16.6. The Bertz CT molecular complexity index is 462. The van der Waals surface area contributed by atoms with Gasteiger partial charge in [0.15, 0.2) is 0 Å². The fourth-order valence-corrected chi connectivity index (χ4v) is 1.89. The van der Waals surface area contributed by atoms with E-state index in [1.54, 1.807) is 12.1 Å². The van der Waals surface area contributed by atoms with Gasteiger partial charge in [0.1, 0.15) is 0 Å². The van der Waals surface area contributed by atoms with Crippen LogP contribution in [0, 0.1) is 10.1 Å². The predicted octanol–water partition coefficient (Wildman–Crippen LogP) is 3.00. The lowest BCUT2D eigenvalue weighted by molar-refractivity contribution is -0.385. The molecule has 1 saturated carbocycles. The summed E-state index contributed by atoms with van der Waals surface area (Å²) in [5.74, 6) is 0.511. The van der Waals surface area contributed by atoms with Gasteiger partial charge in [-0.05, 0) is 36.6 Å². The first-order chi connectivity index (χ1) is 8.09. The quantitative estimate of drug-likeness (QED) is 0.592. The molecule has 0 unspecified atom stereocenters. The van der Waals surface area contributed by atoms with Crippen LogP contribution in [0.15, 0.2) is 24.4 Å². The number of nitrogens with zero attached hydrogens (tertiary/aromatic N) is 2. The van der Waals surface area contributed by atoms with Gasteiger partial charge in [-0.3, -0.25) is 10.1 Å². The van der Waals surface area contributed by atoms with Crippen molar-refractivity contribution in [2.24, 2.45) is 0 Å². The molecule has 1 aromatic carbocycles. The molecule has 4 nitrogen and oxygen atoms in total. The van der Waals surface area contributed by atoms with E-state index in [1.807, 2.05) is 37.3 Å². The fraction of sp³-hybridized carbons (Fsp3) is 0.385. The second-order valence-electron chi connectivity index (χ2n) is 4.59. The molecular formula is C13H16N2O2. The van der Waals surface area contributed by atoms with Crippen LogP contribution in [0.4, 0.5) is 5.69 Å². The van der Waals surface area contributed by atoms with Crippen LogP contribution in [-0.2, 0) is 0 Å². The monoisotopic (exact) mass is 232 g/mol. The lowest BCUT2D eigenvalue weighted by Gasteiger charge is -2.07. The smallest absolute Gasteiger partial charge is 0.276 e. The van der Waals surface area contributed by atoms with Crippen molar-refractivity contribution in [1.29, 1.82) is 0 Å². The molecule has 1 fully saturated rings. The van der Waals surface area contributed by atoms with Crippen molar-refractivity contribution in [3.63, 3.8) is 0 Å². The molecular weight excluding hydrogens is 216 g/mol. The number of benzene rings is 1. The van der Waals surface area contributed by atoms with E-state index < -0.39 is 0 Å². The SMILES string of the molecule is CN(C)/C=C/c1c(C2CC2)cccc1[N+](=O)[O-]. The maximum atomic E-state index is 11.0. The molecule has 0 heterocycles. The molecule has 1 aliphatic carbocycles. The number of hydrogen-bond acceptors (Lipinski definition) is 3. The Hall–Kier alpha value is -1.84. The summed E-state index contributed by atoms with van der Waals surface area (Å²) in [5.41, 5.74) is 2.07. The van der Waals surface area contributed by atoms with Crippen LogP contribution in [0.5, 0.6) is 0 Å². The minimum Gasteiger partial charge on any atom is -0.383 e. The first-order valence-electron chi connectivity index (χ1n) is 5.71. The van der Waals surface area contributed by atoms with Crippen LogP contribution in [0.2, 0.25) is 0 Å². The van der Waals surface area contributed by atoms with E-state index in [0.717, 1.165) is 24.0 Å². The third-order valence-electron chi connectivity index (χ3n) is 2.87. The Morgan fingerprint density at radius 1 is 1.41 bits per heavy atom. The van der Waals surface area contributed by atoms with E-state index in [2.05, 4.69) is 0 Å². The van der Waals surface area contributed by atoms with Crippen molar-refractivity contribution in [2.45, 2.75) is 18.8 Å². The maximum Gasteiger partial charge on any atom is 0.276 e. The third kappa shape index (κ3) is 2.64. The molecule has 0 amide bonds. The standard InChI is InChI=1S/C13H16N2O2/c1-14(2)9-8-12-11(10-6-7-10)4-3-5-13(12)15(16)17/h3-5,8-10H,6-7H2,1-2H3/b9-8+. The fourth-order valence-electron chi connectivity index (χ4n) is 1.89. The second kappa shape index (κ2) is 4.57. The zero-order chi connectivity index (χ0) is 12.4. The Morgan fingerprint density at radius 2 is 2.12 bits per heavy atom. The van der Waals surface area contributed by atoms with Gasteiger partial charge in [0.05, 0.1) is 10.5 Å². The van der Waals surface area contributed by atoms with Crippen LogP contribution in [0.25, 0.3) is 6.08 Å². The molecule has 0 aromatic heterocycles. The molecule has 2 rings (SSSR count). The lowest BCUT2D eigenvalue weighted by atomic mass is 10.0. The molecule has 0 aliphatic heterocycles. The van der Waals surface area contributed by atoms with Gasteiger partial charge < -0.3 is 4.90 Å². The van der Waals surface area contributed by atoms with Crippen molar-refractivity contribution in [2.75, 3.05) is 14.1 Å². The van der Waals surface area contributed by atoms with Crippen LogP contribution in [0.1, 0.15) is 29.9 Å². The topological polar surface area (TPSA) is 46.4 Å². The summed E-state index contributed by atoms with van der Waals surface area (Å²) >= 11 is 0. The molecule has 0 radical (unpaired) electrons. The summed E-state index contributed by atoms with van der Waals surface area (Å²) in [6, 6.07) is 5.35. The molecule has 1 aromatic rings. The summed E-state index contributed by atoms with van der Waals surface area (Å²) in [6.07, 6.45) is 5.98. The molecule has 90 valence electrons. The van der Waals surface area contributed by atoms with Crippen molar-refractivity contribution >= 4 is 11.8 Å². The first kappa shape index (κ1) is 11.6. The second-order valence-corrected chi connectivity index (χ2v) is 4.59.